The van der Waals surface area contributed by atoms with Crippen molar-refractivity contribution in [2.75, 3.05) is 0 Å². The molecule has 1 saturated carbocycles. The summed E-state index contributed by atoms with van der Waals surface area (Å²) in [5, 5.41) is 8.93. The quantitative estimate of drug-likeness (QED) is 0.776. The largest absolute Gasteiger partial charge is 0.392 e. The minimum Gasteiger partial charge on any atom is -0.298 e. The molecule has 1 aliphatic rings. The van der Waals surface area contributed by atoms with Gasteiger partial charge in [-0.25, -0.2) is 0 Å². The van der Waals surface area contributed by atoms with Crippen molar-refractivity contribution < 1.29 is 18.0 Å². The van der Waals surface area contributed by atoms with Crippen LogP contribution in [0.15, 0.2) is 0 Å². The molecule has 1 aliphatic carbocycles. The fourth-order valence-electron chi connectivity index (χ4n) is 2.64. The Balaban J connectivity index is 2.91. The maximum absolute atomic E-state index is 12.9. The van der Waals surface area contributed by atoms with Gasteiger partial charge in [0.15, 0.2) is 5.78 Å². The molecule has 0 N–H and O–H groups in total. The van der Waals surface area contributed by atoms with Crippen molar-refractivity contribution in [3.8, 4) is 6.07 Å². The van der Waals surface area contributed by atoms with Crippen LogP contribution in [-0.2, 0) is 4.79 Å². The molecule has 2 nitrogen and oxygen atoms in total. The molecule has 0 bridgehead atoms. The van der Waals surface area contributed by atoms with Crippen molar-refractivity contribution in [1.82, 2.24) is 0 Å². The third-order valence-electron chi connectivity index (χ3n) is 3.66. The summed E-state index contributed by atoms with van der Waals surface area (Å²) in [5.74, 6) is -4.26. The molecule has 0 aliphatic heterocycles. The SMILES string of the molecule is CC(C)C(C#N)C(=O)C1CCCCC1C(F)(F)F. The second-order valence-electron chi connectivity index (χ2n) is 5.29. The smallest absolute Gasteiger partial charge is 0.298 e. The molecule has 1 fully saturated rings. The molecule has 0 amide bonds. The summed E-state index contributed by atoms with van der Waals surface area (Å²) in [5.41, 5.74) is 0. The van der Waals surface area contributed by atoms with Gasteiger partial charge in [-0.15, -0.1) is 0 Å². The van der Waals surface area contributed by atoms with Crippen LogP contribution in [0.3, 0.4) is 0 Å². The number of rotatable bonds is 3. The molecule has 0 saturated heterocycles. The normalized spacial score (nSPS) is 26.7. The lowest BCUT2D eigenvalue weighted by atomic mass is 9.72. The first-order valence-corrected chi connectivity index (χ1v) is 6.29. The number of carbonyl (C=O) groups is 1. The second-order valence-corrected chi connectivity index (χ2v) is 5.29. The topological polar surface area (TPSA) is 40.9 Å². The summed E-state index contributed by atoms with van der Waals surface area (Å²) in [6, 6.07) is 1.85. The van der Waals surface area contributed by atoms with Gasteiger partial charge in [0.05, 0.1) is 12.0 Å². The van der Waals surface area contributed by atoms with Crippen LogP contribution in [0.4, 0.5) is 13.2 Å². The lowest BCUT2D eigenvalue weighted by Crippen LogP contribution is -2.40. The van der Waals surface area contributed by atoms with E-state index in [1.807, 2.05) is 6.07 Å². The van der Waals surface area contributed by atoms with Crippen molar-refractivity contribution in [1.29, 1.82) is 5.26 Å². The molecule has 0 aromatic carbocycles. The van der Waals surface area contributed by atoms with Crippen molar-refractivity contribution >= 4 is 5.78 Å². The summed E-state index contributed by atoms with van der Waals surface area (Å²) in [7, 11) is 0. The Morgan fingerprint density at radius 3 is 2.28 bits per heavy atom. The van der Waals surface area contributed by atoms with E-state index in [-0.39, 0.29) is 18.8 Å². The van der Waals surface area contributed by atoms with E-state index in [1.165, 1.54) is 0 Å². The first-order chi connectivity index (χ1) is 8.29. The van der Waals surface area contributed by atoms with Crippen molar-refractivity contribution in [3.05, 3.63) is 0 Å². The highest BCUT2D eigenvalue weighted by Gasteiger charge is 2.49. The standard InChI is InChI=1S/C13H18F3NO/c1-8(2)10(7-17)12(18)9-5-3-4-6-11(9)13(14,15)16/h8-11H,3-6H2,1-2H3. The maximum atomic E-state index is 12.9. The van der Waals surface area contributed by atoms with Gasteiger partial charge in [0.25, 0.3) is 0 Å². The number of nitriles is 1. The molecule has 3 atom stereocenters. The second kappa shape index (κ2) is 5.73. The summed E-state index contributed by atoms with van der Waals surface area (Å²) < 4.78 is 38.7. The Morgan fingerprint density at radius 1 is 1.28 bits per heavy atom. The van der Waals surface area contributed by atoms with E-state index in [9.17, 15) is 18.0 Å². The number of hydrogen-bond acceptors (Lipinski definition) is 2. The predicted octanol–water partition coefficient (Wildman–Crippen LogP) is 3.72. The maximum Gasteiger partial charge on any atom is 0.392 e. The van der Waals surface area contributed by atoms with Gasteiger partial charge < -0.3 is 0 Å². The molecule has 0 aromatic heterocycles. The number of halogens is 3. The van der Waals surface area contributed by atoms with Crippen LogP contribution in [0.2, 0.25) is 0 Å². The molecule has 0 radical (unpaired) electrons. The summed E-state index contributed by atoms with van der Waals surface area (Å²) in [6.45, 7) is 3.38. The van der Waals surface area contributed by atoms with Crippen LogP contribution in [0.5, 0.6) is 0 Å². The minimum absolute atomic E-state index is 0.0101. The van der Waals surface area contributed by atoms with Gasteiger partial charge in [-0.1, -0.05) is 26.7 Å². The highest BCUT2D eigenvalue weighted by atomic mass is 19.4. The van der Waals surface area contributed by atoms with Crippen LogP contribution in [0.25, 0.3) is 0 Å². The van der Waals surface area contributed by atoms with Gasteiger partial charge in [-0.3, -0.25) is 4.79 Å². The predicted molar refractivity (Wildman–Crippen MR) is 60.5 cm³/mol. The first kappa shape index (κ1) is 15.0. The van der Waals surface area contributed by atoms with Crippen LogP contribution in [0.1, 0.15) is 39.5 Å². The van der Waals surface area contributed by atoms with Gasteiger partial charge in [0.2, 0.25) is 0 Å². The first-order valence-electron chi connectivity index (χ1n) is 6.29. The molecule has 0 spiro atoms. The molecule has 1 rings (SSSR count). The van der Waals surface area contributed by atoms with E-state index < -0.39 is 29.7 Å². The molecular formula is C13H18F3NO. The fraction of sp³-hybridized carbons (Fsp3) is 0.846. The molecule has 0 aromatic rings. The summed E-state index contributed by atoms with van der Waals surface area (Å²) >= 11 is 0. The Hall–Kier alpha value is -1.05. The molecule has 5 heteroatoms. The van der Waals surface area contributed by atoms with Crippen LogP contribution in [-0.4, -0.2) is 12.0 Å². The van der Waals surface area contributed by atoms with Crippen molar-refractivity contribution in [2.45, 2.75) is 45.7 Å². The van der Waals surface area contributed by atoms with Crippen LogP contribution in [0, 0.1) is 35.0 Å². The highest BCUT2D eigenvalue weighted by molar-refractivity contribution is 5.86. The van der Waals surface area contributed by atoms with Crippen LogP contribution < -0.4 is 0 Å². The molecule has 102 valence electrons. The summed E-state index contributed by atoms with van der Waals surface area (Å²) in [4.78, 5) is 12.1. The highest BCUT2D eigenvalue weighted by Crippen LogP contribution is 2.43. The minimum atomic E-state index is -4.34. The zero-order chi connectivity index (χ0) is 13.9. The third kappa shape index (κ3) is 3.24. The van der Waals surface area contributed by atoms with Crippen LogP contribution >= 0.6 is 0 Å². The number of hydrogen-bond donors (Lipinski definition) is 0. The zero-order valence-electron chi connectivity index (χ0n) is 10.6. The van der Waals surface area contributed by atoms with E-state index in [2.05, 4.69) is 0 Å². The van der Waals surface area contributed by atoms with E-state index in [1.54, 1.807) is 13.8 Å². The average Bonchev–Trinajstić information content (AvgIpc) is 2.28. The van der Waals surface area contributed by atoms with E-state index in [0.29, 0.717) is 12.8 Å². The number of Topliss-reactive ketones (excluding diaryl/α,β-unsaturated/α-hetero) is 1. The lowest BCUT2D eigenvalue weighted by molar-refractivity contribution is -0.198. The van der Waals surface area contributed by atoms with E-state index >= 15 is 0 Å². The third-order valence-corrected chi connectivity index (χ3v) is 3.66. The fourth-order valence-corrected chi connectivity index (χ4v) is 2.64. The van der Waals surface area contributed by atoms with Gasteiger partial charge in [-0.2, -0.15) is 18.4 Å². The summed E-state index contributed by atoms with van der Waals surface area (Å²) in [6.07, 6.45) is -2.92. The number of carbonyl (C=O) groups excluding carboxylic acids is 1. The Kier molecular flexibility index (Phi) is 4.78. The number of ketones is 1. The number of alkyl halides is 3. The van der Waals surface area contributed by atoms with Gasteiger partial charge >= 0.3 is 6.18 Å². The Labute approximate surface area is 105 Å². The van der Waals surface area contributed by atoms with E-state index in [0.717, 1.165) is 0 Å². The monoisotopic (exact) mass is 261 g/mol. The average molecular weight is 261 g/mol. The van der Waals surface area contributed by atoms with Crippen molar-refractivity contribution in [2.24, 2.45) is 23.7 Å². The lowest BCUT2D eigenvalue weighted by Gasteiger charge is -2.33. The molecule has 18 heavy (non-hydrogen) atoms. The van der Waals surface area contributed by atoms with Gasteiger partial charge in [0.1, 0.15) is 5.92 Å². The molecular weight excluding hydrogens is 243 g/mol. The molecule has 0 heterocycles. The van der Waals surface area contributed by atoms with Gasteiger partial charge in [-0.05, 0) is 18.8 Å². The Bertz CT molecular complexity index is 343. The van der Waals surface area contributed by atoms with Crippen molar-refractivity contribution in [3.63, 3.8) is 0 Å². The van der Waals surface area contributed by atoms with Gasteiger partial charge in [0, 0.05) is 5.92 Å². The molecule has 3 unspecified atom stereocenters. The number of nitrogens with zero attached hydrogens (tertiary/aromatic N) is 1. The van der Waals surface area contributed by atoms with E-state index in [4.69, 9.17) is 5.26 Å². The Morgan fingerprint density at radius 2 is 1.83 bits per heavy atom. The zero-order valence-corrected chi connectivity index (χ0v) is 10.6.